The van der Waals surface area contributed by atoms with Crippen LogP contribution in [-0.4, -0.2) is 38.1 Å². The zero-order valence-corrected chi connectivity index (χ0v) is 16.7. The number of amides is 1. The summed E-state index contributed by atoms with van der Waals surface area (Å²) in [5.74, 6) is -0.771. The van der Waals surface area contributed by atoms with Gasteiger partial charge in [-0.1, -0.05) is 23.7 Å². The topological polar surface area (TPSA) is 50.8 Å². The number of likely N-dealkylation sites (N-methyl/N-ethyl adjacent to an activating group) is 1. The van der Waals surface area contributed by atoms with Crippen molar-refractivity contribution in [3.05, 3.63) is 52.5 Å². The molecule has 164 valence electrons. The lowest BCUT2D eigenvalue weighted by Gasteiger charge is -2.19. The van der Waals surface area contributed by atoms with E-state index in [2.05, 4.69) is 10.1 Å². The summed E-state index contributed by atoms with van der Waals surface area (Å²) >= 11 is 5.82. The number of hydrogen-bond acceptors (Lipinski definition) is 4. The molecule has 1 amide bonds. The molecule has 2 rings (SSSR count). The molecule has 0 saturated carbocycles. The molecule has 0 spiro atoms. The average Bonchev–Trinajstić information content (AvgIpc) is 2.63. The van der Waals surface area contributed by atoms with Crippen molar-refractivity contribution < 1.29 is 36.2 Å². The van der Waals surface area contributed by atoms with Crippen LogP contribution in [0, 0.1) is 0 Å². The number of ether oxygens (including phenoxy) is 2. The Morgan fingerprint density at radius 1 is 1.20 bits per heavy atom. The fourth-order valence-electron chi connectivity index (χ4n) is 2.68. The molecule has 0 saturated heterocycles. The number of halogens is 6. The second kappa shape index (κ2) is 9.94. The number of nitrogens with zero attached hydrogens (tertiary/aromatic N) is 1. The van der Waals surface area contributed by atoms with Crippen molar-refractivity contribution in [3.8, 4) is 11.5 Å². The number of anilines is 1. The van der Waals surface area contributed by atoms with E-state index >= 15 is 0 Å². The van der Waals surface area contributed by atoms with Crippen LogP contribution in [0.2, 0.25) is 5.02 Å². The first-order valence-corrected chi connectivity index (χ1v) is 8.85. The maximum Gasteiger partial charge on any atom is 0.418 e. The lowest BCUT2D eigenvalue weighted by atomic mass is 10.1. The maximum absolute atomic E-state index is 13.1. The van der Waals surface area contributed by atoms with Crippen molar-refractivity contribution in [2.45, 2.75) is 19.3 Å². The van der Waals surface area contributed by atoms with Crippen LogP contribution in [0.25, 0.3) is 0 Å². The minimum absolute atomic E-state index is 0.0801. The Morgan fingerprint density at radius 3 is 2.50 bits per heavy atom. The first-order valence-electron chi connectivity index (χ1n) is 8.47. The molecule has 0 aliphatic heterocycles. The molecular weight excluding hydrogens is 435 g/mol. The number of alkyl halides is 5. The highest BCUT2D eigenvalue weighted by atomic mass is 35.5. The highest BCUT2D eigenvalue weighted by Crippen LogP contribution is 2.38. The summed E-state index contributed by atoms with van der Waals surface area (Å²) in [4.78, 5) is 13.8. The van der Waals surface area contributed by atoms with E-state index in [1.54, 1.807) is 7.05 Å². The molecule has 30 heavy (non-hydrogen) atoms. The molecule has 1 N–H and O–H groups in total. The van der Waals surface area contributed by atoms with E-state index in [0.717, 1.165) is 12.1 Å². The Labute approximate surface area is 174 Å². The van der Waals surface area contributed by atoms with Gasteiger partial charge in [0.05, 0.1) is 29.9 Å². The highest BCUT2D eigenvalue weighted by Gasteiger charge is 2.34. The lowest BCUT2D eigenvalue weighted by molar-refractivity contribution is -0.137. The Kier molecular flexibility index (Phi) is 7.85. The van der Waals surface area contributed by atoms with E-state index in [9.17, 15) is 26.7 Å². The van der Waals surface area contributed by atoms with Gasteiger partial charge in [-0.15, -0.1) is 0 Å². The molecule has 0 aliphatic rings. The van der Waals surface area contributed by atoms with Crippen LogP contribution in [0.1, 0.15) is 11.1 Å². The Balaban J connectivity index is 2.06. The average molecular weight is 453 g/mol. The van der Waals surface area contributed by atoms with Crippen LogP contribution >= 0.6 is 11.6 Å². The van der Waals surface area contributed by atoms with Crippen LogP contribution in [-0.2, 0) is 17.5 Å². The van der Waals surface area contributed by atoms with Gasteiger partial charge in [-0.3, -0.25) is 9.69 Å². The van der Waals surface area contributed by atoms with Gasteiger partial charge in [0, 0.05) is 6.54 Å². The van der Waals surface area contributed by atoms with Gasteiger partial charge in [-0.2, -0.15) is 22.0 Å². The molecule has 0 heterocycles. The van der Waals surface area contributed by atoms with Crippen molar-refractivity contribution in [3.63, 3.8) is 0 Å². The number of carbonyl (C=O) groups is 1. The third-order valence-electron chi connectivity index (χ3n) is 3.89. The summed E-state index contributed by atoms with van der Waals surface area (Å²) in [7, 11) is 2.85. The second-order valence-electron chi connectivity index (χ2n) is 6.24. The molecule has 0 aromatic heterocycles. The monoisotopic (exact) mass is 452 g/mol. The third-order valence-corrected chi connectivity index (χ3v) is 4.21. The largest absolute Gasteiger partial charge is 0.493 e. The Morgan fingerprint density at radius 2 is 1.90 bits per heavy atom. The fourth-order valence-corrected chi connectivity index (χ4v) is 2.90. The number of hydrogen-bond donors (Lipinski definition) is 1. The van der Waals surface area contributed by atoms with Crippen LogP contribution in [0.15, 0.2) is 36.4 Å². The van der Waals surface area contributed by atoms with Crippen molar-refractivity contribution in [2.24, 2.45) is 0 Å². The Bertz CT molecular complexity index is 893. The molecule has 2 aromatic rings. The number of rotatable bonds is 8. The molecule has 0 aliphatic carbocycles. The summed E-state index contributed by atoms with van der Waals surface area (Å²) < 4.78 is 73.5. The lowest BCUT2D eigenvalue weighted by Crippen LogP contribution is -2.30. The normalized spacial score (nSPS) is 11.7. The van der Waals surface area contributed by atoms with Crippen LogP contribution in [0.5, 0.6) is 11.5 Å². The zero-order valence-electron chi connectivity index (χ0n) is 15.9. The van der Waals surface area contributed by atoms with E-state index in [-0.39, 0.29) is 29.6 Å². The van der Waals surface area contributed by atoms with Crippen molar-refractivity contribution in [2.75, 3.05) is 26.0 Å². The van der Waals surface area contributed by atoms with E-state index in [4.69, 9.17) is 16.3 Å². The van der Waals surface area contributed by atoms with Gasteiger partial charge >= 0.3 is 12.8 Å². The summed E-state index contributed by atoms with van der Waals surface area (Å²) in [6.07, 6.45) is -4.68. The minimum atomic E-state index is -4.68. The first kappa shape index (κ1) is 23.7. The molecule has 11 heteroatoms. The predicted octanol–water partition coefficient (Wildman–Crippen LogP) is 5.04. The molecule has 0 atom stereocenters. The number of nitrogens with one attached hydrogen (secondary N) is 1. The smallest absolute Gasteiger partial charge is 0.418 e. The summed E-state index contributed by atoms with van der Waals surface area (Å²) in [5.41, 5.74) is -0.955. The van der Waals surface area contributed by atoms with Gasteiger partial charge in [0.1, 0.15) is 0 Å². The van der Waals surface area contributed by atoms with E-state index in [1.165, 1.54) is 36.3 Å². The van der Waals surface area contributed by atoms with Gasteiger partial charge in [0.25, 0.3) is 0 Å². The van der Waals surface area contributed by atoms with Gasteiger partial charge in [-0.25, -0.2) is 0 Å². The molecular formula is C19H18ClF5N2O3. The standard InChI is InChI=1S/C19H18ClF5N2O3/c1-27(9-11-6-7-14(30-18(21)22)15(8-11)29-2)10-16(28)26-17-12(19(23,24)25)4-3-5-13(17)20/h3-8,18H,9-10H2,1-2H3,(H,26,28). The fraction of sp³-hybridized carbons (Fsp3) is 0.316. The van der Waals surface area contributed by atoms with Gasteiger partial charge in [0.2, 0.25) is 5.91 Å². The summed E-state index contributed by atoms with van der Waals surface area (Å²) in [6, 6.07) is 7.47. The van der Waals surface area contributed by atoms with Gasteiger partial charge in [-0.05, 0) is 36.9 Å². The van der Waals surface area contributed by atoms with Crippen molar-refractivity contribution in [1.82, 2.24) is 4.90 Å². The summed E-state index contributed by atoms with van der Waals surface area (Å²) in [6.45, 7) is -3.07. The molecule has 2 aromatic carbocycles. The van der Waals surface area contributed by atoms with Crippen molar-refractivity contribution >= 4 is 23.2 Å². The quantitative estimate of drug-likeness (QED) is 0.570. The first-order chi connectivity index (χ1) is 14.0. The number of para-hydroxylation sites is 1. The Hall–Kier alpha value is -2.59. The summed E-state index contributed by atoms with van der Waals surface area (Å²) in [5, 5.41) is 1.96. The zero-order chi connectivity index (χ0) is 22.5. The predicted molar refractivity (Wildman–Crippen MR) is 101 cm³/mol. The van der Waals surface area contributed by atoms with Crippen LogP contribution in [0.3, 0.4) is 0 Å². The number of carbonyl (C=O) groups excluding carboxylic acids is 1. The van der Waals surface area contributed by atoms with Crippen molar-refractivity contribution in [1.29, 1.82) is 0 Å². The van der Waals surface area contributed by atoms with Crippen LogP contribution < -0.4 is 14.8 Å². The number of methoxy groups -OCH3 is 1. The van der Waals surface area contributed by atoms with E-state index < -0.39 is 29.9 Å². The molecule has 0 unspecified atom stereocenters. The number of benzene rings is 2. The second-order valence-corrected chi connectivity index (χ2v) is 6.65. The van der Waals surface area contributed by atoms with E-state index in [0.29, 0.717) is 5.56 Å². The van der Waals surface area contributed by atoms with E-state index in [1.807, 2.05) is 0 Å². The molecule has 0 fully saturated rings. The van der Waals surface area contributed by atoms with Gasteiger partial charge < -0.3 is 14.8 Å². The highest BCUT2D eigenvalue weighted by molar-refractivity contribution is 6.34. The van der Waals surface area contributed by atoms with Crippen LogP contribution in [0.4, 0.5) is 27.6 Å². The SMILES string of the molecule is COc1cc(CN(C)CC(=O)Nc2c(Cl)cccc2C(F)(F)F)ccc1OC(F)F. The molecule has 0 bridgehead atoms. The third kappa shape index (κ3) is 6.46. The molecule has 5 nitrogen and oxygen atoms in total. The molecule has 0 radical (unpaired) electrons. The maximum atomic E-state index is 13.1. The minimum Gasteiger partial charge on any atom is -0.493 e. The van der Waals surface area contributed by atoms with Gasteiger partial charge in [0.15, 0.2) is 11.5 Å².